The molecule has 0 aromatic carbocycles. The maximum Gasteiger partial charge on any atom is 0.0281 e. The Morgan fingerprint density at radius 1 is 1.06 bits per heavy atom. The molecule has 0 amide bonds. The van der Waals surface area contributed by atoms with Crippen molar-refractivity contribution in [1.82, 2.24) is 5.32 Å². The van der Waals surface area contributed by atoms with E-state index in [9.17, 15) is 0 Å². The summed E-state index contributed by atoms with van der Waals surface area (Å²) in [5.74, 6) is 0.895. The van der Waals surface area contributed by atoms with Crippen LogP contribution >= 0.6 is 11.8 Å². The Kier molecular flexibility index (Phi) is 5.23. The van der Waals surface area contributed by atoms with Crippen molar-refractivity contribution in [3.05, 3.63) is 0 Å². The number of hydrogen-bond acceptors (Lipinski definition) is 2. The molecule has 1 N–H and O–H groups in total. The smallest absolute Gasteiger partial charge is 0.0281 e. The van der Waals surface area contributed by atoms with Gasteiger partial charge in [-0.05, 0) is 37.9 Å². The third-order valence-corrected chi connectivity index (χ3v) is 6.41. The van der Waals surface area contributed by atoms with E-state index in [4.69, 9.17) is 0 Å². The van der Waals surface area contributed by atoms with E-state index in [0.717, 1.165) is 12.0 Å². The second kappa shape index (κ2) is 6.47. The van der Waals surface area contributed by atoms with Crippen LogP contribution in [0.5, 0.6) is 0 Å². The maximum atomic E-state index is 3.91. The zero-order chi connectivity index (χ0) is 12.1. The van der Waals surface area contributed by atoms with Crippen molar-refractivity contribution >= 4 is 11.8 Å². The van der Waals surface area contributed by atoms with E-state index < -0.39 is 0 Å². The molecule has 2 unspecified atom stereocenters. The van der Waals surface area contributed by atoms with Gasteiger partial charge < -0.3 is 5.32 Å². The second-order valence-electron chi connectivity index (χ2n) is 6.20. The van der Waals surface area contributed by atoms with Crippen molar-refractivity contribution in [3.63, 3.8) is 0 Å². The van der Waals surface area contributed by atoms with E-state index in [-0.39, 0.29) is 0 Å². The molecular weight excluding hydrogens is 226 g/mol. The first-order valence-corrected chi connectivity index (χ1v) is 8.77. The van der Waals surface area contributed by atoms with Crippen LogP contribution in [-0.2, 0) is 0 Å². The molecule has 0 aromatic rings. The summed E-state index contributed by atoms with van der Waals surface area (Å²) in [7, 11) is 0. The van der Waals surface area contributed by atoms with Gasteiger partial charge >= 0.3 is 0 Å². The highest BCUT2D eigenvalue weighted by Gasteiger charge is 2.32. The van der Waals surface area contributed by atoms with Crippen LogP contribution < -0.4 is 5.32 Å². The van der Waals surface area contributed by atoms with Gasteiger partial charge in [0.15, 0.2) is 0 Å². The minimum atomic E-state index is 0.565. The fraction of sp³-hybridized carbons (Fsp3) is 1.00. The van der Waals surface area contributed by atoms with E-state index in [1.165, 1.54) is 64.3 Å². The molecule has 0 heterocycles. The summed E-state index contributed by atoms with van der Waals surface area (Å²) in [6.45, 7) is 3.69. The minimum absolute atomic E-state index is 0.565. The predicted octanol–water partition coefficient (Wildman–Crippen LogP) is 4.22. The van der Waals surface area contributed by atoms with Crippen molar-refractivity contribution in [3.8, 4) is 0 Å². The predicted molar refractivity (Wildman–Crippen MR) is 78.8 cm³/mol. The molecule has 0 saturated heterocycles. The largest absolute Gasteiger partial charge is 0.312 e. The van der Waals surface area contributed by atoms with Gasteiger partial charge in [-0.1, -0.05) is 39.0 Å². The van der Waals surface area contributed by atoms with E-state index in [0.29, 0.717) is 4.75 Å². The van der Waals surface area contributed by atoms with Crippen LogP contribution in [0.15, 0.2) is 0 Å². The zero-order valence-electron chi connectivity index (χ0n) is 11.6. The van der Waals surface area contributed by atoms with Gasteiger partial charge in [0.25, 0.3) is 0 Å². The molecule has 2 saturated carbocycles. The molecule has 2 rings (SSSR count). The number of thioether (sulfide) groups is 1. The van der Waals surface area contributed by atoms with Gasteiger partial charge in [-0.3, -0.25) is 0 Å². The third kappa shape index (κ3) is 3.64. The Labute approximate surface area is 112 Å². The van der Waals surface area contributed by atoms with E-state index in [1.54, 1.807) is 0 Å². The van der Waals surface area contributed by atoms with Crippen LogP contribution in [0, 0.1) is 5.92 Å². The Balaban J connectivity index is 1.82. The molecule has 2 heteroatoms. The van der Waals surface area contributed by atoms with Gasteiger partial charge in [0.1, 0.15) is 0 Å². The van der Waals surface area contributed by atoms with Gasteiger partial charge in [-0.15, -0.1) is 0 Å². The fourth-order valence-electron chi connectivity index (χ4n) is 3.59. The summed E-state index contributed by atoms with van der Waals surface area (Å²) in [6.07, 6.45) is 15.3. The van der Waals surface area contributed by atoms with Crippen molar-refractivity contribution in [2.24, 2.45) is 5.92 Å². The summed E-state index contributed by atoms with van der Waals surface area (Å²) in [5.41, 5.74) is 0. The Morgan fingerprint density at radius 3 is 2.41 bits per heavy atom. The molecular formula is C15H29NS. The van der Waals surface area contributed by atoms with Gasteiger partial charge in [-0.25, -0.2) is 0 Å². The van der Waals surface area contributed by atoms with Crippen molar-refractivity contribution in [2.75, 3.05) is 12.8 Å². The molecule has 2 aliphatic carbocycles. The van der Waals surface area contributed by atoms with E-state index in [2.05, 4.69) is 30.3 Å². The van der Waals surface area contributed by atoms with Gasteiger partial charge in [0.2, 0.25) is 0 Å². The Bertz CT molecular complexity index is 223. The van der Waals surface area contributed by atoms with Gasteiger partial charge in [0, 0.05) is 17.3 Å². The first-order chi connectivity index (χ1) is 8.26. The van der Waals surface area contributed by atoms with E-state index in [1.807, 2.05) is 0 Å². The lowest BCUT2D eigenvalue weighted by atomic mass is 9.84. The summed E-state index contributed by atoms with van der Waals surface area (Å²) in [6, 6.07) is 0.801. The Hall–Kier alpha value is 0.310. The van der Waals surface area contributed by atoms with Gasteiger partial charge in [-0.2, -0.15) is 11.8 Å². The maximum absolute atomic E-state index is 3.91. The lowest BCUT2D eigenvalue weighted by Gasteiger charge is -2.39. The molecule has 2 aliphatic rings. The highest BCUT2D eigenvalue weighted by Crippen LogP contribution is 2.38. The van der Waals surface area contributed by atoms with Crippen LogP contribution in [0.3, 0.4) is 0 Å². The molecule has 2 fully saturated rings. The van der Waals surface area contributed by atoms with Crippen LogP contribution in [-0.4, -0.2) is 23.6 Å². The average molecular weight is 255 g/mol. The van der Waals surface area contributed by atoms with Crippen LogP contribution in [0.1, 0.15) is 64.7 Å². The highest BCUT2D eigenvalue weighted by atomic mass is 32.2. The molecule has 17 heavy (non-hydrogen) atoms. The number of hydrogen-bond donors (Lipinski definition) is 1. The molecule has 100 valence electrons. The fourth-order valence-corrected chi connectivity index (χ4v) is 4.51. The lowest BCUT2D eigenvalue weighted by Crippen LogP contribution is -2.46. The highest BCUT2D eigenvalue weighted by molar-refractivity contribution is 8.00. The quantitative estimate of drug-likeness (QED) is 0.807. The monoisotopic (exact) mass is 255 g/mol. The van der Waals surface area contributed by atoms with Crippen molar-refractivity contribution in [1.29, 1.82) is 0 Å². The first-order valence-electron chi connectivity index (χ1n) is 7.54. The van der Waals surface area contributed by atoms with Crippen molar-refractivity contribution < 1.29 is 0 Å². The third-order valence-electron chi connectivity index (χ3n) is 5.00. The molecule has 0 spiro atoms. The molecule has 0 radical (unpaired) electrons. The first kappa shape index (κ1) is 13.7. The molecule has 0 aromatic heterocycles. The van der Waals surface area contributed by atoms with Crippen LogP contribution in [0.25, 0.3) is 0 Å². The average Bonchev–Trinajstić information content (AvgIpc) is 2.39. The van der Waals surface area contributed by atoms with Gasteiger partial charge in [0.05, 0.1) is 0 Å². The summed E-state index contributed by atoms with van der Waals surface area (Å²) in [5, 5.41) is 3.91. The van der Waals surface area contributed by atoms with Crippen molar-refractivity contribution in [2.45, 2.75) is 75.5 Å². The molecule has 0 aliphatic heterocycles. The number of rotatable bonds is 4. The normalized spacial score (nSPS) is 33.5. The SMILES string of the molecule is CSC1(CNC2CCCCC2C)CCCCC1. The topological polar surface area (TPSA) is 12.0 Å². The number of nitrogens with one attached hydrogen (secondary N) is 1. The van der Waals surface area contributed by atoms with Crippen LogP contribution in [0.2, 0.25) is 0 Å². The molecule has 1 nitrogen and oxygen atoms in total. The van der Waals surface area contributed by atoms with Crippen LogP contribution in [0.4, 0.5) is 0 Å². The second-order valence-corrected chi connectivity index (χ2v) is 7.47. The summed E-state index contributed by atoms with van der Waals surface area (Å²) >= 11 is 2.12. The Morgan fingerprint density at radius 2 is 1.76 bits per heavy atom. The minimum Gasteiger partial charge on any atom is -0.312 e. The zero-order valence-corrected chi connectivity index (χ0v) is 12.5. The molecule has 0 bridgehead atoms. The summed E-state index contributed by atoms with van der Waals surface area (Å²) in [4.78, 5) is 0. The standard InChI is InChI=1S/C15H29NS/c1-13-8-4-5-9-14(13)16-12-15(17-2)10-6-3-7-11-15/h13-14,16H,3-12H2,1-2H3. The molecule has 2 atom stereocenters. The van der Waals surface area contributed by atoms with E-state index >= 15 is 0 Å². The lowest BCUT2D eigenvalue weighted by molar-refractivity contribution is 0.262. The summed E-state index contributed by atoms with van der Waals surface area (Å²) < 4.78 is 0.565.